The van der Waals surface area contributed by atoms with Gasteiger partial charge in [0.05, 0.1) is 16.9 Å². The largest absolute Gasteiger partial charge is 0.416 e. The minimum atomic E-state index is -5.02. The lowest BCUT2D eigenvalue weighted by atomic mass is 10.1. The van der Waals surface area contributed by atoms with E-state index < -0.39 is 44.9 Å². The summed E-state index contributed by atoms with van der Waals surface area (Å²) in [5.41, 5.74) is -3.77. The van der Waals surface area contributed by atoms with Gasteiger partial charge < -0.3 is 5.32 Å². The molecule has 0 aliphatic rings. The molecule has 1 aromatic rings. The van der Waals surface area contributed by atoms with E-state index in [1.165, 1.54) is 0 Å². The van der Waals surface area contributed by atoms with Gasteiger partial charge in [0.15, 0.2) is 0 Å². The van der Waals surface area contributed by atoms with Crippen LogP contribution in [0.15, 0.2) is 18.2 Å². The van der Waals surface area contributed by atoms with Crippen LogP contribution < -0.4 is 5.32 Å². The van der Waals surface area contributed by atoms with Crippen molar-refractivity contribution in [2.75, 3.05) is 17.3 Å². The van der Waals surface area contributed by atoms with Crippen molar-refractivity contribution in [2.24, 2.45) is 0 Å². The lowest BCUT2D eigenvalue weighted by Crippen LogP contribution is -2.16. The molecule has 0 saturated carbocycles. The molecule has 0 aromatic heterocycles. The van der Waals surface area contributed by atoms with Gasteiger partial charge in [-0.3, -0.25) is 4.79 Å². The lowest BCUT2D eigenvalue weighted by molar-refractivity contribution is -0.143. The number of hydrogen-bond donors (Lipinski definition) is 1. The fourth-order valence-corrected chi connectivity index (χ4v) is 2.41. The predicted octanol–water partition coefficient (Wildman–Crippen LogP) is 3.49. The van der Waals surface area contributed by atoms with Crippen LogP contribution in [-0.2, 0) is 27.0 Å². The molecule has 0 unspecified atom stereocenters. The minimum absolute atomic E-state index is 0.0562. The number of amides is 1. The van der Waals surface area contributed by atoms with Crippen molar-refractivity contribution >= 4 is 21.4 Å². The zero-order chi connectivity index (χ0) is 18.8. The van der Waals surface area contributed by atoms with Gasteiger partial charge in [0.1, 0.15) is 9.84 Å². The molecule has 4 nitrogen and oxygen atoms in total. The normalized spacial score (nSPS) is 13.0. The van der Waals surface area contributed by atoms with Gasteiger partial charge in [-0.2, -0.15) is 26.3 Å². The van der Waals surface area contributed by atoms with Crippen molar-refractivity contribution in [1.82, 2.24) is 0 Å². The number of alkyl halides is 6. The van der Waals surface area contributed by atoms with Crippen LogP contribution in [0.2, 0.25) is 0 Å². The first-order valence-corrected chi connectivity index (χ1v) is 8.51. The average Bonchev–Trinajstić information content (AvgIpc) is 2.34. The van der Waals surface area contributed by atoms with Crippen LogP contribution in [0.25, 0.3) is 0 Å². The Morgan fingerprint density at radius 1 is 1.00 bits per heavy atom. The van der Waals surface area contributed by atoms with Gasteiger partial charge in [0, 0.05) is 18.4 Å². The first kappa shape index (κ1) is 20.3. The summed E-state index contributed by atoms with van der Waals surface area (Å²) in [6, 6.07) is 0.701. The fourth-order valence-electron chi connectivity index (χ4n) is 1.75. The Morgan fingerprint density at radius 2 is 1.46 bits per heavy atom. The molecule has 24 heavy (non-hydrogen) atoms. The third-order valence-corrected chi connectivity index (χ3v) is 3.82. The van der Waals surface area contributed by atoms with Gasteiger partial charge >= 0.3 is 12.4 Å². The van der Waals surface area contributed by atoms with Crippen molar-refractivity contribution < 1.29 is 39.6 Å². The molecule has 11 heteroatoms. The minimum Gasteiger partial charge on any atom is -0.326 e. The van der Waals surface area contributed by atoms with E-state index in [0.29, 0.717) is 12.1 Å². The molecule has 1 N–H and O–H groups in total. The summed E-state index contributed by atoms with van der Waals surface area (Å²) in [6.07, 6.45) is -9.55. The van der Waals surface area contributed by atoms with Crippen LogP contribution in [0.5, 0.6) is 0 Å². The van der Waals surface area contributed by atoms with Crippen molar-refractivity contribution in [3.05, 3.63) is 29.3 Å². The number of sulfone groups is 1. The number of nitrogens with one attached hydrogen (secondary N) is 1. The first-order chi connectivity index (χ1) is 10.7. The molecule has 0 saturated heterocycles. The highest BCUT2D eigenvalue weighted by Gasteiger charge is 2.37. The Labute approximate surface area is 133 Å². The summed E-state index contributed by atoms with van der Waals surface area (Å²) in [4.78, 5) is 11.6. The molecule has 0 aliphatic carbocycles. The zero-order valence-electron chi connectivity index (χ0n) is 12.3. The van der Waals surface area contributed by atoms with Gasteiger partial charge in [-0.1, -0.05) is 0 Å². The topological polar surface area (TPSA) is 63.2 Å². The van der Waals surface area contributed by atoms with Crippen molar-refractivity contribution in [3.63, 3.8) is 0 Å². The maximum absolute atomic E-state index is 12.7. The Hall–Kier alpha value is -1.78. The van der Waals surface area contributed by atoms with Crippen LogP contribution in [0, 0.1) is 0 Å². The molecular formula is C13H13F6NO3S. The maximum Gasteiger partial charge on any atom is 0.416 e. The van der Waals surface area contributed by atoms with Gasteiger partial charge in [-0.15, -0.1) is 0 Å². The van der Waals surface area contributed by atoms with Crippen LogP contribution in [0.3, 0.4) is 0 Å². The SMILES string of the molecule is CS(=O)(=O)CCCC(=O)Nc1cc(C(F)(F)F)cc(C(F)(F)F)c1. The standard InChI is InChI=1S/C13H13F6NO3S/c1-24(22,23)4-2-3-11(21)20-10-6-8(12(14,15)16)5-9(7-10)13(17,18)19/h5-7H,2-4H2,1H3,(H,20,21). The number of hydrogen-bond acceptors (Lipinski definition) is 3. The molecule has 0 heterocycles. The number of rotatable bonds is 5. The second kappa shape index (κ2) is 6.99. The molecule has 1 amide bonds. The van der Waals surface area contributed by atoms with Crippen LogP contribution in [-0.4, -0.2) is 26.3 Å². The van der Waals surface area contributed by atoms with Crippen LogP contribution in [0.1, 0.15) is 24.0 Å². The second-order valence-corrected chi connectivity index (χ2v) is 7.34. The highest BCUT2D eigenvalue weighted by atomic mass is 32.2. The number of anilines is 1. The number of halogens is 6. The third kappa shape index (κ3) is 6.77. The van der Waals surface area contributed by atoms with Crippen molar-refractivity contribution in [1.29, 1.82) is 0 Å². The summed E-state index contributed by atoms with van der Waals surface area (Å²) >= 11 is 0. The van der Waals surface area contributed by atoms with E-state index in [9.17, 15) is 39.6 Å². The average molecular weight is 377 g/mol. The van der Waals surface area contributed by atoms with E-state index in [1.54, 1.807) is 0 Å². The number of carbonyl (C=O) groups excluding carboxylic acids is 1. The molecule has 0 atom stereocenters. The summed E-state index contributed by atoms with van der Waals surface area (Å²) in [5.74, 6) is -1.21. The van der Waals surface area contributed by atoms with Gasteiger partial charge in [-0.25, -0.2) is 8.42 Å². The molecule has 0 radical (unpaired) electrons. The quantitative estimate of drug-likeness (QED) is 0.799. The molecular weight excluding hydrogens is 364 g/mol. The van der Waals surface area contributed by atoms with E-state index in [2.05, 4.69) is 0 Å². The maximum atomic E-state index is 12.7. The van der Waals surface area contributed by atoms with Crippen molar-refractivity contribution in [3.8, 4) is 0 Å². The second-order valence-electron chi connectivity index (χ2n) is 5.08. The summed E-state index contributed by atoms with van der Waals surface area (Å²) in [7, 11) is -3.32. The van der Waals surface area contributed by atoms with Gasteiger partial charge in [-0.05, 0) is 24.6 Å². The predicted molar refractivity (Wildman–Crippen MR) is 74.0 cm³/mol. The van der Waals surface area contributed by atoms with Gasteiger partial charge in [0.25, 0.3) is 0 Å². The molecule has 136 valence electrons. The van der Waals surface area contributed by atoms with Crippen LogP contribution >= 0.6 is 0 Å². The van der Waals surface area contributed by atoms with Crippen molar-refractivity contribution in [2.45, 2.75) is 25.2 Å². The van der Waals surface area contributed by atoms with E-state index in [-0.39, 0.29) is 24.7 Å². The zero-order valence-corrected chi connectivity index (χ0v) is 13.1. The summed E-state index contributed by atoms with van der Waals surface area (Å²) in [6.45, 7) is 0. The Morgan fingerprint density at radius 3 is 1.83 bits per heavy atom. The molecule has 0 bridgehead atoms. The number of carbonyl (C=O) groups is 1. The molecule has 1 rings (SSSR count). The molecule has 0 fully saturated rings. The summed E-state index contributed by atoms with van der Waals surface area (Å²) < 4.78 is 97.8. The molecule has 1 aromatic carbocycles. The smallest absolute Gasteiger partial charge is 0.326 e. The van der Waals surface area contributed by atoms with Crippen LogP contribution in [0.4, 0.5) is 32.0 Å². The fraction of sp³-hybridized carbons (Fsp3) is 0.462. The Bertz CT molecular complexity index is 677. The highest BCUT2D eigenvalue weighted by molar-refractivity contribution is 7.90. The van der Waals surface area contributed by atoms with E-state index in [0.717, 1.165) is 6.26 Å². The third-order valence-electron chi connectivity index (χ3n) is 2.79. The first-order valence-electron chi connectivity index (χ1n) is 6.45. The number of benzene rings is 1. The Kier molecular flexibility index (Phi) is 5.91. The van der Waals surface area contributed by atoms with E-state index in [4.69, 9.17) is 0 Å². The molecule has 0 spiro atoms. The van der Waals surface area contributed by atoms with E-state index in [1.807, 2.05) is 5.32 Å². The summed E-state index contributed by atoms with van der Waals surface area (Å²) in [5, 5.41) is 1.92. The highest BCUT2D eigenvalue weighted by Crippen LogP contribution is 2.37. The monoisotopic (exact) mass is 377 g/mol. The molecule has 0 aliphatic heterocycles. The Balaban J connectivity index is 2.96. The van der Waals surface area contributed by atoms with Gasteiger partial charge in [0.2, 0.25) is 5.91 Å². The van der Waals surface area contributed by atoms with E-state index >= 15 is 0 Å². The lowest BCUT2D eigenvalue weighted by Gasteiger charge is -2.14.